The van der Waals surface area contributed by atoms with Crippen molar-refractivity contribution in [2.75, 3.05) is 20.2 Å². The first kappa shape index (κ1) is 18.2. The molecule has 2 rings (SSSR count). The molecule has 0 heterocycles. The molecule has 1 aliphatic carbocycles. The molecule has 0 aromatic heterocycles. The van der Waals surface area contributed by atoms with Crippen LogP contribution in [0.3, 0.4) is 0 Å². The van der Waals surface area contributed by atoms with E-state index in [0.717, 1.165) is 17.9 Å². The fourth-order valence-electron chi connectivity index (χ4n) is 2.33. The Kier molecular flexibility index (Phi) is 6.94. The maximum absolute atomic E-state index is 11.9. The number of amides is 1. The molecule has 3 N–H and O–H groups in total. The van der Waals surface area contributed by atoms with Gasteiger partial charge < -0.3 is 15.8 Å². The summed E-state index contributed by atoms with van der Waals surface area (Å²) in [6.45, 7) is 1.01. The van der Waals surface area contributed by atoms with Gasteiger partial charge in [0.05, 0.1) is 12.5 Å². The molecule has 0 saturated heterocycles. The van der Waals surface area contributed by atoms with Crippen molar-refractivity contribution in [3.05, 3.63) is 34.9 Å². The second-order valence-electron chi connectivity index (χ2n) is 5.36. The largest absolute Gasteiger partial charge is 0.380 e. The van der Waals surface area contributed by atoms with Crippen LogP contribution in [0.5, 0.6) is 0 Å². The highest BCUT2D eigenvalue weighted by Crippen LogP contribution is 2.47. The second-order valence-corrected chi connectivity index (χ2v) is 5.80. The van der Waals surface area contributed by atoms with Crippen molar-refractivity contribution in [1.82, 2.24) is 5.32 Å². The smallest absolute Gasteiger partial charge is 0.222 e. The maximum Gasteiger partial charge on any atom is 0.222 e. The summed E-state index contributed by atoms with van der Waals surface area (Å²) in [4.78, 5) is 11.9. The minimum absolute atomic E-state index is 0. The molecule has 1 aliphatic rings. The van der Waals surface area contributed by atoms with Crippen LogP contribution in [0.4, 0.5) is 0 Å². The lowest BCUT2D eigenvalue weighted by molar-refractivity contribution is -0.123. The van der Waals surface area contributed by atoms with Gasteiger partial charge in [0.25, 0.3) is 0 Å². The van der Waals surface area contributed by atoms with Gasteiger partial charge in [-0.3, -0.25) is 4.79 Å². The van der Waals surface area contributed by atoms with Gasteiger partial charge in [0.15, 0.2) is 0 Å². The van der Waals surface area contributed by atoms with Crippen LogP contribution >= 0.6 is 24.0 Å². The van der Waals surface area contributed by atoms with E-state index in [0.29, 0.717) is 19.5 Å². The third kappa shape index (κ3) is 4.85. The van der Waals surface area contributed by atoms with Gasteiger partial charge >= 0.3 is 0 Å². The Balaban J connectivity index is 0.00000220. The lowest BCUT2D eigenvalue weighted by Crippen LogP contribution is -2.36. The van der Waals surface area contributed by atoms with Crippen LogP contribution in [0.1, 0.15) is 24.8 Å². The van der Waals surface area contributed by atoms with Gasteiger partial charge in [0.2, 0.25) is 5.91 Å². The molecule has 1 saturated carbocycles. The van der Waals surface area contributed by atoms with Gasteiger partial charge in [-0.15, -0.1) is 12.4 Å². The second kappa shape index (κ2) is 7.99. The number of halogens is 2. The van der Waals surface area contributed by atoms with E-state index >= 15 is 0 Å². The van der Waals surface area contributed by atoms with E-state index in [-0.39, 0.29) is 29.8 Å². The van der Waals surface area contributed by atoms with Crippen LogP contribution in [-0.4, -0.2) is 32.2 Å². The summed E-state index contributed by atoms with van der Waals surface area (Å²) in [6.07, 6.45) is 2.29. The molecule has 1 atom stereocenters. The predicted octanol–water partition coefficient (Wildman–Crippen LogP) is 2.27. The Morgan fingerprint density at radius 1 is 1.43 bits per heavy atom. The number of ether oxygens (including phenoxy) is 1. The summed E-state index contributed by atoms with van der Waals surface area (Å²) in [5.74, 6) is -0.0115. The normalized spacial score (nSPS) is 16.7. The SMILES string of the molecule is COC(CN)CC(=O)NCC1(c2ccc(Cl)cc2)CC1.Cl. The van der Waals surface area contributed by atoms with Crippen molar-refractivity contribution in [1.29, 1.82) is 0 Å². The molecular weight excluding hydrogens is 311 g/mol. The molecule has 21 heavy (non-hydrogen) atoms. The number of carbonyl (C=O) groups excluding carboxylic acids is 1. The number of benzene rings is 1. The number of hydrogen-bond acceptors (Lipinski definition) is 3. The lowest BCUT2D eigenvalue weighted by atomic mass is 9.96. The average molecular weight is 333 g/mol. The number of rotatable bonds is 7. The van der Waals surface area contributed by atoms with Gasteiger partial charge in [-0.05, 0) is 30.5 Å². The highest BCUT2D eigenvalue weighted by molar-refractivity contribution is 6.30. The van der Waals surface area contributed by atoms with Gasteiger partial charge in [-0.25, -0.2) is 0 Å². The summed E-state index contributed by atoms with van der Waals surface area (Å²) in [5, 5.41) is 3.73. The van der Waals surface area contributed by atoms with Crippen molar-refractivity contribution < 1.29 is 9.53 Å². The van der Waals surface area contributed by atoms with E-state index < -0.39 is 0 Å². The first-order valence-electron chi connectivity index (χ1n) is 6.85. The van der Waals surface area contributed by atoms with Crippen LogP contribution in [0.25, 0.3) is 0 Å². The summed E-state index contributed by atoms with van der Waals surface area (Å²) < 4.78 is 5.12. The van der Waals surface area contributed by atoms with Crippen molar-refractivity contribution in [3.63, 3.8) is 0 Å². The Bertz CT molecular complexity index is 457. The quantitative estimate of drug-likeness (QED) is 0.805. The zero-order valence-corrected chi connectivity index (χ0v) is 13.7. The fraction of sp³-hybridized carbons (Fsp3) is 0.533. The molecule has 0 aliphatic heterocycles. The number of nitrogens with two attached hydrogens (primary N) is 1. The third-order valence-electron chi connectivity index (χ3n) is 3.94. The van der Waals surface area contributed by atoms with Crippen LogP contribution in [0.15, 0.2) is 24.3 Å². The Morgan fingerprint density at radius 2 is 2.05 bits per heavy atom. The third-order valence-corrected chi connectivity index (χ3v) is 4.20. The van der Waals surface area contributed by atoms with Crippen molar-refractivity contribution >= 4 is 29.9 Å². The van der Waals surface area contributed by atoms with E-state index in [4.69, 9.17) is 22.1 Å². The van der Waals surface area contributed by atoms with E-state index in [1.807, 2.05) is 24.3 Å². The molecule has 1 fully saturated rings. The first-order valence-corrected chi connectivity index (χ1v) is 7.23. The molecule has 1 amide bonds. The number of hydrogen-bond donors (Lipinski definition) is 2. The van der Waals surface area contributed by atoms with E-state index in [1.54, 1.807) is 7.11 Å². The van der Waals surface area contributed by atoms with Crippen molar-refractivity contribution in [2.24, 2.45) is 5.73 Å². The number of nitrogens with one attached hydrogen (secondary N) is 1. The molecule has 1 aromatic carbocycles. The standard InChI is InChI=1S/C15H21ClN2O2.ClH/c1-20-13(9-17)8-14(19)18-10-15(6-7-15)11-2-4-12(16)5-3-11;/h2-5,13H,6-10,17H2,1H3,(H,18,19);1H. The average Bonchev–Trinajstić information content (AvgIpc) is 3.24. The van der Waals surface area contributed by atoms with Crippen LogP contribution in [-0.2, 0) is 14.9 Å². The van der Waals surface area contributed by atoms with Gasteiger partial charge in [-0.1, -0.05) is 23.7 Å². The van der Waals surface area contributed by atoms with Gasteiger partial charge in [0, 0.05) is 30.6 Å². The highest BCUT2D eigenvalue weighted by Gasteiger charge is 2.44. The molecule has 118 valence electrons. The zero-order valence-electron chi connectivity index (χ0n) is 12.1. The summed E-state index contributed by atoms with van der Waals surface area (Å²) in [7, 11) is 1.57. The van der Waals surface area contributed by atoms with Crippen molar-refractivity contribution in [3.8, 4) is 0 Å². The topological polar surface area (TPSA) is 64.3 Å². The number of carbonyl (C=O) groups is 1. The Hall–Kier alpha value is -0.810. The summed E-state index contributed by atoms with van der Waals surface area (Å²) in [5.41, 5.74) is 6.84. The molecule has 0 radical (unpaired) electrons. The molecule has 4 nitrogen and oxygen atoms in total. The minimum atomic E-state index is -0.208. The first-order chi connectivity index (χ1) is 9.59. The van der Waals surface area contributed by atoms with Crippen LogP contribution < -0.4 is 11.1 Å². The van der Waals surface area contributed by atoms with E-state index in [2.05, 4.69) is 5.32 Å². The molecular formula is C15H22Cl2N2O2. The van der Waals surface area contributed by atoms with Crippen LogP contribution in [0.2, 0.25) is 5.02 Å². The predicted molar refractivity (Wildman–Crippen MR) is 87.1 cm³/mol. The maximum atomic E-state index is 11.9. The molecule has 0 spiro atoms. The molecule has 1 unspecified atom stereocenters. The molecule has 1 aromatic rings. The summed E-state index contributed by atoms with van der Waals surface area (Å²) >= 11 is 5.90. The van der Waals surface area contributed by atoms with E-state index in [1.165, 1.54) is 5.56 Å². The van der Waals surface area contributed by atoms with Gasteiger partial charge in [-0.2, -0.15) is 0 Å². The monoisotopic (exact) mass is 332 g/mol. The Labute approximate surface area is 136 Å². The minimum Gasteiger partial charge on any atom is -0.380 e. The van der Waals surface area contributed by atoms with Crippen molar-refractivity contribution in [2.45, 2.75) is 30.8 Å². The fourth-order valence-corrected chi connectivity index (χ4v) is 2.46. The van der Waals surface area contributed by atoms with E-state index in [9.17, 15) is 4.79 Å². The number of methoxy groups -OCH3 is 1. The highest BCUT2D eigenvalue weighted by atomic mass is 35.5. The Morgan fingerprint density at radius 3 is 2.52 bits per heavy atom. The zero-order chi connectivity index (χ0) is 14.6. The molecule has 0 bridgehead atoms. The summed E-state index contributed by atoms with van der Waals surface area (Å²) in [6, 6.07) is 7.88. The van der Waals surface area contributed by atoms with Crippen LogP contribution in [0, 0.1) is 0 Å². The van der Waals surface area contributed by atoms with Gasteiger partial charge in [0.1, 0.15) is 0 Å². The molecule has 6 heteroatoms. The lowest BCUT2D eigenvalue weighted by Gasteiger charge is -2.18.